The summed E-state index contributed by atoms with van der Waals surface area (Å²) in [7, 11) is 0. The van der Waals surface area contributed by atoms with Gasteiger partial charge in [-0.1, -0.05) is 26.0 Å². The van der Waals surface area contributed by atoms with E-state index in [1.54, 1.807) is 6.07 Å². The van der Waals surface area contributed by atoms with E-state index in [1.807, 2.05) is 45.2 Å². The minimum absolute atomic E-state index is 0.220. The average molecular weight is 340 g/mol. The first-order valence-electron chi connectivity index (χ1n) is 7.79. The van der Waals surface area contributed by atoms with Gasteiger partial charge in [0.15, 0.2) is 4.83 Å². The van der Waals surface area contributed by atoms with Gasteiger partial charge >= 0.3 is 0 Å². The minimum Gasteiger partial charge on any atom is -0.274 e. The molecular formula is C18H17FN4S. The van der Waals surface area contributed by atoms with Gasteiger partial charge in [0.2, 0.25) is 5.82 Å². The van der Waals surface area contributed by atoms with E-state index < -0.39 is 11.0 Å². The molecule has 0 atom stereocenters. The lowest BCUT2D eigenvalue weighted by atomic mass is 9.66. The molecule has 6 heteroatoms. The molecule has 0 saturated heterocycles. The maximum Gasteiger partial charge on any atom is 0.201 e. The van der Waals surface area contributed by atoms with Gasteiger partial charge in [-0.05, 0) is 31.4 Å². The van der Waals surface area contributed by atoms with Crippen LogP contribution in [0.5, 0.6) is 0 Å². The first-order chi connectivity index (χ1) is 11.3. The van der Waals surface area contributed by atoms with Crippen LogP contribution in [0.2, 0.25) is 0 Å². The molecule has 1 aliphatic rings. The molecule has 0 N–H and O–H groups in total. The monoisotopic (exact) mass is 340 g/mol. The standard InChI is InChI=1S/C18H17FN4S/c1-17(2)13-10(6-5-7-11(13)19)14(21-18(17,3)4)15-20-12-8-9-24-16(12)23-22-15/h5-9H,1-4H3. The lowest BCUT2D eigenvalue weighted by molar-refractivity contribution is 0.293. The SMILES string of the molecule is CC1(C)N=C(c2nnc3sccc3n2)c2cccc(F)c2C1(C)C. The number of halogens is 1. The Morgan fingerprint density at radius 1 is 1.04 bits per heavy atom. The van der Waals surface area contributed by atoms with Crippen molar-refractivity contribution in [2.24, 2.45) is 4.99 Å². The van der Waals surface area contributed by atoms with Crippen LogP contribution in [0.25, 0.3) is 10.3 Å². The number of hydrogen-bond acceptors (Lipinski definition) is 5. The molecule has 24 heavy (non-hydrogen) atoms. The smallest absolute Gasteiger partial charge is 0.201 e. The summed E-state index contributed by atoms with van der Waals surface area (Å²) in [6, 6.07) is 6.99. The van der Waals surface area contributed by atoms with Gasteiger partial charge in [0.05, 0.1) is 5.54 Å². The number of rotatable bonds is 1. The average Bonchev–Trinajstić information content (AvgIpc) is 2.98. The predicted octanol–water partition coefficient (Wildman–Crippen LogP) is 4.13. The largest absolute Gasteiger partial charge is 0.274 e. The molecule has 0 aliphatic carbocycles. The Labute approximate surface area is 143 Å². The van der Waals surface area contributed by atoms with Crippen molar-refractivity contribution in [3.63, 3.8) is 0 Å². The number of aromatic nitrogens is 3. The van der Waals surface area contributed by atoms with Crippen LogP contribution < -0.4 is 0 Å². The van der Waals surface area contributed by atoms with Gasteiger partial charge in [-0.15, -0.1) is 21.5 Å². The first-order valence-corrected chi connectivity index (χ1v) is 8.67. The molecule has 4 rings (SSSR count). The number of thiophene rings is 1. The van der Waals surface area contributed by atoms with E-state index in [1.165, 1.54) is 17.4 Å². The van der Waals surface area contributed by atoms with Gasteiger partial charge in [0.25, 0.3) is 0 Å². The van der Waals surface area contributed by atoms with Crippen molar-refractivity contribution in [3.8, 4) is 0 Å². The highest BCUT2D eigenvalue weighted by Gasteiger charge is 2.46. The summed E-state index contributed by atoms with van der Waals surface area (Å²) in [4.78, 5) is 10.3. The van der Waals surface area contributed by atoms with Crippen molar-refractivity contribution in [3.05, 3.63) is 52.4 Å². The highest BCUT2D eigenvalue weighted by atomic mass is 32.1. The van der Waals surface area contributed by atoms with Crippen molar-refractivity contribution in [2.45, 2.75) is 38.6 Å². The summed E-state index contributed by atoms with van der Waals surface area (Å²) in [6.45, 7) is 8.07. The van der Waals surface area contributed by atoms with Gasteiger partial charge in [0, 0.05) is 16.5 Å². The molecule has 4 nitrogen and oxygen atoms in total. The van der Waals surface area contributed by atoms with Gasteiger partial charge in [-0.2, -0.15) is 0 Å². The Hall–Kier alpha value is -2.21. The second kappa shape index (κ2) is 4.89. The Bertz CT molecular complexity index is 988. The number of fused-ring (bicyclic) bond motifs is 2. The molecular weight excluding hydrogens is 323 g/mol. The summed E-state index contributed by atoms with van der Waals surface area (Å²) in [6.07, 6.45) is 0. The van der Waals surface area contributed by atoms with Crippen LogP contribution in [-0.2, 0) is 5.41 Å². The van der Waals surface area contributed by atoms with Crippen molar-refractivity contribution in [2.75, 3.05) is 0 Å². The zero-order chi connectivity index (χ0) is 17.1. The molecule has 3 heterocycles. The van der Waals surface area contributed by atoms with Crippen LogP contribution in [0, 0.1) is 5.82 Å². The summed E-state index contributed by atoms with van der Waals surface area (Å²) in [5.74, 6) is 0.221. The highest BCUT2D eigenvalue weighted by Crippen LogP contribution is 2.44. The molecule has 0 unspecified atom stereocenters. The minimum atomic E-state index is -0.496. The third kappa shape index (κ3) is 2.02. The number of nitrogens with zero attached hydrogens (tertiary/aromatic N) is 4. The van der Waals surface area contributed by atoms with E-state index in [0.717, 1.165) is 15.9 Å². The number of hydrogen-bond donors (Lipinski definition) is 0. The number of aliphatic imine (C=N–C) groups is 1. The van der Waals surface area contributed by atoms with Crippen LogP contribution in [0.15, 0.2) is 34.6 Å². The zero-order valence-electron chi connectivity index (χ0n) is 14.0. The van der Waals surface area contributed by atoms with Crippen LogP contribution in [0.3, 0.4) is 0 Å². The van der Waals surface area contributed by atoms with Gasteiger partial charge in [-0.3, -0.25) is 4.99 Å². The fourth-order valence-electron chi connectivity index (χ4n) is 3.10. The van der Waals surface area contributed by atoms with Crippen LogP contribution in [-0.4, -0.2) is 26.4 Å². The van der Waals surface area contributed by atoms with E-state index in [4.69, 9.17) is 4.99 Å². The summed E-state index contributed by atoms with van der Waals surface area (Å²) in [5.41, 5.74) is 1.86. The predicted molar refractivity (Wildman–Crippen MR) is 94.4 cm³/mol. The normalized spacial score (nSPS) is 18.3. The highest BCUT2D eigenvalue weighted by molar-refractivity contribution is 7.16. The van der Waals surface area contributed by atoms with E-state index in [-0.39, 0.29) is 5.82 Å². The Morgan fingerprint density at radius 3 is 2.62 bits per heavy atom. The zero-order valence-corrected chi connectivity index (χ0v) is 14.8. The molecule has 3 aromatic rings. The van der Waals surface area contributed by atoms with Gasteiger partial charge < -0.3 is 0 Å². The molecule has 0 bridgehead atoms. The topological polar surface area (TPSA) is 51.0 Å². The summed E-state index contributed by atoms with van der Waals surface area (Å²) < 4.78 is 14.7. The Kier molecular flexibility index (Phi) is 3.12. The summed E-state index contributed by atoms with van der Waals surface area (Å²) in [5, 5.41) is 10.4. The molecule has 0 amide bonds. The van der Waals surface area contributed by atoms with E-state index in [0.29, 0.717) is 17.1 Å². The fourth-order valence-corrected chi connectivity index (χ4v) is 3.74. The molecule has 122 valence electrons. The molecule has 1 aliphatic heterocycles. The van der Waals surface area contributed by atoms with E-state index in [9.17, 15) is 4.39 Å². The van der Waals surface area contributed by atoms with Crippen LogP contribution >= 0.6 is 11.3 Å². The van der Waals surface area contributed by atoms with E-state index in [2.05, 4.69) is 15.2 Å². The van der Waals surface area contributed by atoms with Crippen molar-refractivity contribution < 1.29 is 4.39 Å². The van der Waals surface area contributed by atoms with Crippen LogP contribution in [0.4, 0.5) is 4.39 Å². The molecule has 1 aromatic carbocycles. The quantitative estimate of drug-likeness (QED) is 0.669. The molecule has 0 spiro atoms. The molecule has 0 radical (unpaired) electrons. The maximum absolute atomic E-state index is 14.7. The molecule has 2 aromatic heterocycles. The second-order valence-electron chi connectivity index (χ2n) is 7.05. The van der Waals surface area contributed by atoms with Gasteiger partial charge in [-0.25, -0.2) is 9.37 Å². The van der Waals surface area contributed by atoms with Crippen molar-refractivity contribution >= 4 is 27.4 Å². The van der Waals surface area contributed by atoms with Crippen LogP contribution in [0.1, 0.15) is 44.6 Å². The lowest BCUT2D eigenvalue weighted by Gasteiger charge is -2.44. The number of benzene rings is 1. The fraction of sp³-hybridized carbons (Fsp3) is 0.333. The molecule has 0 saturated carbocycles. The lowest BCUT2D eigenvalue weighted by Crippen LogP contribution is -2.47. The Balaban J connectivity index is 2.01. The molecule has 0 fully saturated rings. The maximum atomic E-state index is 14.7. The second-order valence-corrected chi connectivity index (χ2v) is 7.95. The third-order valence-corrected chi connectivity index (χ3v) is 5.90. The summed E-state index contributed by atoms with van der Waals surface area (Å²) >= 11 is 1.49. The first kappa shape index (κ1) is 15.3. The van der Waals surface area contributed by atoms with E-state index >= 15 is 0 Å². The third-order valence-electron chi connectivity index (χ3n) is 5.11. The van der Waals surface area contributed by atoms with Gasteiger partial charge in [0.1, 0.15) is 17.0 Å². The van der Waals surface area contributed by atoms with Crippen molar-refractivity contribution in [1.82, 2.24) is 15.2 Å². The van der Waals surface area contributed by atoms with Crippen molar-refractivity contribution in [1.29, 1.82) is 0 Å². The Morgan fingerprint density at radius 2 is 1.83 bits per heavy atom.